The lowest BCUT2D eigenvalue weighted by molar-refractivity contribution is 0.470. The molecule has 0 aromatic heterocycles. The zero-order chi connectivity index (χ0) is 4.99. The number of aliphatic hydroxyl groups excluding tert-OH is 1. The minimum Gasteiger partial charge on any atom is -0.515 e. The lowest BCUT2D eigenvalue weighted by atomic mass is 10.6. The zero-order valence-corrected chi connectivity index (χ0v) is 3.19. The molecule has 6 heavy (non-hydrogen) atoms. The van der Waals surface area contributed by atoms with Crippen molar-refractivity contribution in [1.29, 1.82) is 0 Å². The third-order valence-electron chi connectivity index (χ3n) is 0.255. The second-order valence-corrected chi connectivity index (χ2v) is 0.763. The van der Waals surface area contributed by atoms with Gasteiger partial charge >= 0.3 is 0 Å². The largest absolute Gasteiger partial charge is 0.515 e. The van der Waals surface area contributed by atoms with E-state index in [9.17, 15) is 4.39 Å². The molecule has 0 radical (unpaired) electrons. The maximum absolute atomic E-state index is 11.3. The summed E-state index contributed by atoms with van der Waals surface area (Å²) in [6, 6.07) is 0. The van der Waals surface area contributed by atoms with Gasteiger partial charge in [-0.15, -0.1) is 0 Å². The van der Waals surface area contributed by atoms with Gasteiger partial charge in [-0.1, -0.05) is 6.58 Å². The lowest BCUT2D eigenvalue weighted by Crippen LogP contribution is -1.54. The SMILES string of the molecule is C=C(F)C=CO. The molecule has 1 N–H and O–H groups in total. The molecule has 0 fully saturated rings. The first-order valence-corrected chi connectivity index (χ1v) is 1.42. The van der Waals surface area contributed by atoms with Gasteiger partial charge in [0.25, 0.3) is 0 Å². The Morgan fingerprint density at radius 3 is 2.33 bits per heavy atom. The van der Waals surface area contributed by atoms with E-state index in [1.165, 1.54) is 0 Å². The standard InChI is InChI=1S/C4H5FO/c1-4(5)2-3-6/h2-3,6H,1H2. The van der Waals surface area contributed by atoms with Gasteiger partial charge in [0.15, 0.2) is 0 Å². The predicted molar refractivity (Wildman–Crippen MR) is 22.0 cm³/mol. The van der Waals surface area contributed by atoms with E-state index in [0.717, 1.165) is 6.08 Å². The fourth-order valence-electron chi connectivity index (χ4n) is 0.0809. The maximum Gasteiger partial charge on any atom is 0.119 e. The predicted octanol–water partition coefficient (Wildman–Crippen LogP) is 1.54. The van der Waals surface area contributed by atoms with Crippen LogP contribution in [0.1, 0.15) is 0 Å². The summed E-state index contributed by atoms with van der Waals surface area (Å²) in [6.07, 6.45) is 1.46. The molecule has 0 heterocycles. The average Bonchev–Trinajstić information content (AvgIpc) is 1.35. The van der Waals surface area contributed by atoms with Crippen LogP contribution in [0.5, 0.6) is 0 Å². The van der Waals surface area contributed by atoms with E-state index in [1.54, 1.807) is 0 Å². The fourth-order valence-corrected chi connectivity index (χ4v) is 0.0809. The van der Waals surface area contributed by atoms with Crippen LogP contribution in [0.2, 0.25) is 0 Å². The third-order valence-corrected chi connectivity index (χ3v) is 0.255. The van der Waals surface area contributed by atoms with Crippen molar-refractivity contribution in [2.45, 2.75) is 0 Å². The van der Waals surface area contributed by atoms with Gasteiger partial charge in [-0.3, -0.25) is 0 Å². The van der Waals surface area contributed by atoms with Crippen LogP contribution in [-0.4, -0.2) is 5.11 Å². The van der Waals surface area contributed by atoms with Crippen LogP contribution in [0.15, 0.2) is 24.7 Å². The van der Waals surface area contributed by atoms with Gasteiger partial charge in [0.1, 0.15) is 5.83 Å². The molecule has 0 aliphatic carbocycles. The number of hydrogen-bond donors (Lipinski definition) is 1. The molecule has 0 atom stereocenters. The molecule has 1 nitrogen and oxygen atoms in total. The minimum absolute atomic E-state index is 0.600. The molecule has 0 amide bonds. The molecule has 0 spiro atoms. The van der Waals surface area contributed by atoms with Crippen LogP contribution in [0.4, 0.5) is 4.39 Å². The van der Waals surface area contributed by atoms with E-state index >= 15 is 0 Å². The average molecular weight is 88.1 g/mol. The second-order valence-electron chi connectivity index (χ2n) is 0.763. The van der Waals surface area contributed by atoms with Crippen molar-refractivity contribution in [3.63, 3.8) is 0 Å². The Bertz CT molecular complexity index is 75.6. The van der Waals surface area contributed by atoms with Crippen molar-refractivity contribution in [3.8, 4) is 0 Å². The van der Waals surface area contributed by atoms with Gasteiger partial charge < -0.3 is 5.11 Å². The highest BCUT2D eigenvalue weighted by atomic mass is 19.1. The molecule has 0 saturated heterocycles. The Kier molecular flexibility index (Phi) is 2.13. The maximum atomic E-state index is 11.3. The topological polar surface area (TPSA) is 20.2 Å². The molecule has 0 aliphatic rings. The molecule has 0 aromatic carbocycles. The van der Waals surface area contributed by atoms with Gasteiger partial charge in [0.2, 0.25) is 0 Å². The Balaban J connectivity index is 3.30. The van der Waals surface area contributed by atoms with E-state index in [0.29, 0.717) is 6.26 Å². The van der Waals surface area contributed by atoms with Crippen molar-refractivity contribution in [2.75, 3.05) is 0 Å². The Morgan fingerprint density at radius 1 is 1.83 bits per heavy atom. The third kappa shape index (κ3) is 3.21. The molecule has 34 valence electrons. The smallest absolute Gasteiger partial charge is 0.119 e. The molecule has 0 rings (SSSR count). The Labute approximate surface area is 35.4 Å². The van der Waals surface area contributed by atoms with Gasteiger partial charge in [-0.2, -0.15) is 0 Å². The molecular weight excluding hydrogens is 83.0 g/mol. The van der Waals surface area contributed by atoms with Crippen LogP contribution in [0, 0.1) is 0 Å². The zero-order valence-electron chi connectivity index (χ0n) is 3.19. The van der Waals surface area contributed by atoms with E-state index in [2.05, 4.69) is 6.58 Å². The van der Waals surface area contributed by atoms with Crippen LogP contribution in [0.3, 0.4) is 0 Å². The minimum atomic E-state index is -0.641. The summed E-state index contributed by atoms with van der Waals surface area (Å²) in [4.78, 5) is 0. The van der Waals surface area contributed by atoms with Crippen LogP contribution in [0.25, 0.3) is 0 Å². The van der Waals surface area contributed by atoms with Crippen molar-refractivity contribution in [3.05, 3.63) is 24.7 Å². The number of hydrogen-bond acceptors (Lipinski definition) is 1. The fraction of sp³-hybridized carbons (Fsp3) is 0. The molecule has 0 saturated carbocycles. The number of allylic oxidation sites excluding steroid dienone is 2. The van der Waals surface area contributed by atoms with Gasteiger partial charge in [-0.05, 0) is 0 Å². The summed E-state index contributed by atoms with van der Waals surface area (Å²) in [5, 5.41) is 7.76. The van der Waals surface area contributed by atoms with E-state index in [1.807, 2.05) is 0 Å². The van der Waals surface area contributed by atoms with Crippen LogP contribution >= 0.6 is 0 Å². The normalized spacial score (nSPS) is 9.50. The molecule has 0 unspecified atom stereocenters. The van der Waals surface area contributed by atoms with Crippen LogP contribution < -0.4 is 0 Å². The Hall–Kier alpha value is -0.790. The summed E-state index contributed by atoms with van der Waals surface area (Å²) in [6.45, 7) is 2.83. The highest BCUT2D eigenvalue weighted by molar-refractivity contribution is 5.01. The summed E-state index contributed by atoms with van der Waals surface area (Å²) >= 11 is 0. The van der Waals surface area contributed by atoms with E-state index in [-0.39, 0.29) is 0 Å². The molecule has 0 bridgehead atoms. The molecule has 2 heteroatoms. The summed E-state index contributed by atoms with van der Waals surface area (Å²) in [5.74, 6) is -0.641. The molecule has 0 aromatic rings. The van der Waals surface area contributed by atoms with Crippen LogP contribution in [-0.2, 0) is 0 Å². The first-order chi connectivity index (χ1) is 2.77. The van der Waals surface area contributed by atoms with Gasteiger partial charge in [0.05, 0.1) is 6.26 Å². The molecular formula is C4H5FO. The summed E-state index contributed by atoms with van der Waals surface area (Å²) in [7, 11) is 0. The monoisotopic (exact) mass is 88.0 g/mol. The van der Waals surface area contributed by atoms with Gasteiger partial charge in [0, 0.05) is 6.08 Å². The first kappa shape index (κ1) is 5.21. The van der Waals surface area contributed by atoms with E-state index in [4.69, 9.17) is 5.11 Å². The summed E-state index contributed by atoms with van der Waals surface area (Å²) in [5.41, 5.74) is 0. The number of rotatable bonds is 1. The second kappa shape index (κ2) is 2.45. The molecule has 0 aliphatic heterocycles. The van der Waals surface area contributed by atoms with Crippen molar-refractivity contribution in [2.24, 2.45) is 0 Å². The number of halogens is 1. The van der Waals surface area contributed by atoms with Crippen molar-refractivity contribution in [1.82, 2.24) is 0 Å². The summed E-state index contributed by atoms with van der Waals surface area (Å²) < 4.78 is 11.3. The van der Waals surface area contributed by atoms with Crippen molar-refractivity contribution >= 4 is 0 Å². The van der Waals surface area contributed by atoms with Crippen molar-refractivity contribution < 1.29 is 9.50 Å². The lowest BCUT2D eigenvalue weighted by Gasteiger charge is -1.70. The quantitative estimate of drug-likeness (QED) is 0.380. The highest BCUT2D eigenvalue weighted by Gasteiger charge is 1.71. The first-order valence-electron chi connectivity index (χ1n) is 1.42. The number of aliphatic hydroxyl groups is 1. The van der Waals surface area contributed by atoms with E-state index < -0.39 is 5.83 Å². The Morgan fingerprint density at radius 2 is 2.33 bits per heavy atom. The highest BCUT2D eigenvalue weighted by Crippen LogP contribution is 1.88. The van der Waals surface area contributed by atoms with Gasteiger partial charge in [-0.25, -0.2) is 4.39 Å².